The summed E-state index contributed by atoms with van der Waals surface area (Å²) >= 11 is 0. The van der Waals surface area contributed by atoms with Crippen molar-refractivity contribution in [1.29, 1.82) is 0 Å². The zero-order valence-corrected chi connectivity index (χ0v) is 13.2. The van der Waals surface area contributed by atoms with E-state index in [9.17, 15) is 13.2 Å². The van der Waals surface area contributed by atoms with Crippen molar-refractivity contribution in [2.45, 2.75) is 38.1 Å². The smallest absolute Gasteiger partial charge is 0.306 e. The Bertz CT molecular complexity index is 641. The second-order valence-electron chi connectivity index (χ2n) is 5.74. The number of hydrogen-bond acceptors (Lipinski definition) is 4. The molecule has 1 aromatic heterocycles. The summed E-state index contributed by atoms with van der Waals surface area (Å²) in [5, 5.41) is 9.08. The molecule has 1 fully saturated rings. The van der Waals surface area contributed by atoms with Gasteiger partial charge in [-0.05, 0) is 19.3 Å². The number of aliphatic carboxylic acids is 1. The maximum atomic E-state index is 11.8. The number of sulfone groups is 1. The van der Waals surface area contributed by atoms with Gasteiger partial charge in [-0.25, -0.2) is 13.4 Å². The molecule has 0 amide bonds. The second-order valence-corrected chi connectivity index (χ2v) is 7.97. The second kappa shape index (κ2) is 5.96. The number of carbonyl (C=O) groups is 1. The van der Waals surface area contributed by atoms with Gasteiger partial charge in [-0.2, -0.15) is 0 Å². The Morgan fingerprint density at radius 1 is 1.38 bits per heavy atom. The molecule has 0 aromatic carbocycles. The van der Waals surface area contributed by atoms with Crippen LogP contribution in [0.5, 0.6) is 0 Å². The van der Waals surface area contributed by atoms with Crippen LogP contribution in [-0.4, -0.2) is 40.6 Å². The van der Waals surface area contributed by atoms with Gasteiger partial charge in [-0.3, -0.25) is 4.79 Å². The van der Waals surface area contributed by atoms with E-state index < -0.39 is 15.8 Å². The number of hydrogen-bond donors (Lipinski definition) is 1. The van der Waals surface area contributed by atoms with Gasteiger partial charge in [0.1, 0.15) is 5.82 Å². The van der Waals surface area contributed by atoms with Crippen LogP contribution < -0.4 is 0 Å². The Morgan fingerprint density at radius 2 is 2.14 bits per heavy atom. The summed E-state index contributed by atoms with van der Waals surface area (Å²) in [7, 11) is -2.96. The Balaban J connectivity index is 0.00000161. The van der Waals surface area contributed by atoms with E-state index in [0.29, 0.717) is 25.8 Å². The number of carboxylic acid groups (broad SMARTS) is 1. The molecule has 21 heavy (non-hydrogen) atoms. The monoisotopic (exact) mass is 334 g/mol. The number of rotatable bonds is 2. The quantitative estimate of drug-likeness (QED) is 0.879. The highest BCUT2D eigenvalue weighted by Gasteiger charge is 2.32. The molecule has 8 heteroatoms. The van der Waals surface area contributed by atoms with Gasteiger partial charge in [0.05, 0.1) is 17.4 Å². The van der Waals surface area contributed by atoms with Crippen molar-refractivity contribution in [3.8, 4) is 0 Å². The molecule has 1 saturated heterocycles. The van der Waals surface area contributed by atoms with E-state index in [0.717, 1.165) is 17.9 Å². The van der Waals surface area contributed by atoms with Crippen molar-refractivity contribution in [3.63, 3.8) is 0 Å². The van der Waals surface area contributed by atoms with E-state index in [1.54, 1.807) is 6.20 Å². The highest BCUT2D eigenvalue weighted by atomic mass is 35.5. The van der Waals surface area contributed by atoms with E-state index in [1.165, 1.54) is 0 Å². The number of imidazole rings is 1. The summed E-state index contributed by atoms with van der Waals surface area (Å²) in [5.74, 6) is 0.127. The van der Waals surface area contributed by atoms with Gasteiger partial charge in [-0.1, -0.05) is 0 Å². The standard InChI is InChI=1S/C13H18N2O4S.ClH/c16-13(17)9-3-4-15-11(6-9)7-14-12(15)10-2-1-5-20(18,19)8-10;/h7,9-10H,1-6,8H2,(H,16,17);1H. The van der Waals surface area contributed by atoms with Crippen molar-refractivity contribution < 1.29 is 18.3 Å². The summed E-state index contributed by atoms with van der Waals surface area (Å²) in [6, 6.07) is 0. The molecule has 3 rings (SSSR count). The Hall–Kier alpha value is -1.08. The van der Waals surface area contributed by atoms with Gasteiger partial charge in [0.15, 0.2) is 9.84 Å². The lowest BCUT2D eigenvalue weighted by molar-refractivity contribution is -0.142. The fraction of sp³-hybridized carbons (Fsp3) is 0.692. The number of nitrogens with zero attached hydrogens (tertiary/aromatic N) is 2. The van der Waals surface area contributed by atoms with Crippen LogP contribution >= 0.6 is 12.4 Å². The van der Waals surface area contributed by atoms with Crippen molar-refractivity contribution in [1.82, 2.24) is 9.55 Å². The molecular weight excluding hydrogens is 316 g/mol. The molecule has 118 valence electrons. The van der Waals surface area contributed by atoms with E-state index in [2.05, 4.69) is 4.98 Å². The molecule has 0 radical (unpaired) electrons. The van der Waals surface area contributed by atoms with Crippen LogP contribution in [0.2, 0.25) is 0 Å². The summed E-state index contributed by atoms with van der Waals surface area (Å²) in [5.41, 5.74) is 0.918. The molecule has 0 spiro atoms. The predicted octanol–water partition coefficient (Wildman–Crippen LogP) is 1.24. The van der Waals surface area contributed by atoms with Gasteiger partial charge < -0.3 is 9.67 Å². The van der Waals surface area contributed by atoms with Crippen LogP contribution in [0.3, 0.4) is 0 Å². The highest BCUT2D eigenvalue weighted by molar-refractivity contribution is 7.91. The zero-order valence-electron chi connectivity index (χ0n) is 11.6. The Kier molecular flexibility index (Phi) is 4.63. The molecule has 1 aromatic rings. The average Bonchev–Trinajstić information content (AvgIpc) is 2.80. The molecule has 2 unspecified atom stereocenters. The molecule has 2 aliphatic heterocycles. The maximum Gasteiger partial charge on any atom is 0.306 e. The normalized spacial score (nSPS) is 27.4. The van der Waals surface area contributed by atoms with Crippen LogP contribution in [0.4, 0.5) is 0 Å². The van der Waals surface area contributed by atoms with Crippen molar-refractivity contribution >= 4 is 28.2 Å². The van der Waals surface area contributed by atoms with Crippen LogP contribution in [-0.2, 0) is 27.6 Å². The average molecular weight is 335 g/mol. The first kappa shape index (κ1) is 16.3. The Labute approximate surface area is 129 Å². The first-order valence-electron chi connectivity index (χ1n) is 6.94. The van der Waals surface area contributed by atoms with Gasteiger partial charge in [0, 0.05) is 30.8 Å². The van der Waals surface area contributed by atoms with Gasteiger partial charge in [0.25, 0.3) is 0 Å². The first-order valence-corrected chi connectivity index (χ1v) is 8.76. The number of halogens is 1. The minimum Gasteiger partial charge on any atom is -0.481 e. The van der Waals surface area contributed by atoms with Crippen LogP contribution in [0.15, 0.2) is 6.20 Å². The Morgan fingerprint density at radius 3 is 2.81 bits per heavy atom. The largest absolute Gasteiger partial charge is 0.481 e. The minimum atomic E-state index is -2.96. The van der Waals surface area contributed by atoms with Gasteiger partial charge in [0.2, 0.25) is 0 Å². The van der Waals surface area contributed by atoms with Crippen LogP contribution in [0, 0.1) is 5.92 Å². The van der Waals surface area contributed by atoms with Crippen LogP contribution in [0.1, 0.15) is 36.7 Å². The number of aromatic nitrogens is 2. The topological polar surface area (TPSA) is 89.3 Å². The van der Waals surface area contributed by atoms with E-state index in [-0.39, 0.29) is 35.7 Å². The molecule has 1 N–H and O–H groups in total. The molecule has 2 aliphatic rings. The molecule has 2 atom stereocenters. The fourth-order valence-electron chi connectivity index (χ4n) is 3.25. The summed E-state index contributed by atoms with van der Waals surface area (Å²) in [6.07, 6.45) is 4.32. The molecular formula is C13H19ClN2O4S. The molecule has 3 heterocycles. The van der Waals surface area contributed by atoms with E-state index >= 15 is 0 Å². The SMILES string of the molecule is Cl.O=C(O)C1CCn2c(cnc2C2CCCS(=O)(=O)C2)C1. The summed E-state index contributed by atoms with van der Waals surface area (Å²) in [4.78, 5) is 15.4. The molecule has 0 saturated carbocycles. The third kappa shape index (κ3) is 3.23. The lowest BCUT2D eigenvalue weighted by atomic mass is 9.96. The van der Waals surface area contributed by atoms with Gasteiger partial charge >= 0.3 is 5.97 Å². The van der Waals surface area contributed by atoms with E-state index in [1.807, 2.05) is 4.57 Å². The van der Waals surface area contributed by atoms with Crippen molar-refractivity contribution in [2.75, 3.05) is 11.5 Å². The first-order chi connectivity index (χ1) is 9.46. The number of fused-ring (bicyclic) bond motifs is 1. The third-order valence-electron chi connectivity index (χ3n) is 4.30. The fourth-order valence-corrected chi connectivity index (χ4v) is 4.95. The summed E-state index contributed by atoms with van der Waals surface area (Å²) in [6.45, 7) is 0.623. The third-order valence-corrected chi connectivity index (χ3v) is 6.12. The van der Waals surface area contributed by atoms with Crippen molar-refractivity contribution in [2.24, 2.45) is 5.92 Å². The maximum absolute atomic E-state index is 11.8. The summed E-state index contributed by atoms with van der Waals surface area (Å²) < 4.78 is 25.5. The number of carboxylic acids is 1. The van der Waals surface area contributed by atoms with E-state index in [4.69, 9.17) is 5.11 Å². The molecule has 0 aliphatic carbocycles. The van der Waals surface area contributed by atoms with Crippen molar-refractivity contribution in [3.05, 3.63) is 17.7 Å². The van der Waals surface area contributed by atoms with Crippen LogP contribution in [0.25, 0.3) is 0 Å². The molecule has 0 bridgehead atoms. The lowest BCUT2D eigenvalue weighted by Crippen LogP contribution is -2.29. The highest BCUT2D eigenvalue weighted by Crippen LogP contribution is 2.31. The zero-order chi connectivity index (χ0) is 14.3. The minimum absolute atomic E-state index is 0. The lowest BCUT2D eigenvalue weighted by Gasteiger charge is -2.26. The van der Waals surface area contributed by atoms with Gasteiger partial charge in [-0.15, -0.1) is 12.4 Å². The predicted molar refractivity (Wildman–Crippen MR) is 79.6 cm³/mol. The molecule has 6 nitrogen and oxygen atoms in total.